The van der Waals surface area contributed by atoms with Gasteiger partial charge in [-0.3, -0.25) is 0 Å². The van der Waals surface area contributed by atoms with Crippen LogP contribution in [0.2, 0.25) is 5.02 Å². The maximum absolute atomic E-state index is 12.9. The molecule has 0 amide bonds. The van der Waals surface area contributed by atoms with Crippen molar-refractivity contribution in [3.05, 3.63) is 28.8 Å². The summed E-state index contributed by atoms with van der Waals surface area (Å²) >= 11 is 7.96. The third-order valence-electron chi connectivity index (χ3n) is 3.38. The summed E-state index contributed by atoms with van der Waals surface area (Å²) in [7, 11) is -1.71. The third kappa shape index (κ3) is 3.93. The number of nitrogens with one attached hydrogen (secondary N) is 1. The molecule has 2 atom stereocenters. The molecule has 1 aliphatic rings. The zero-order valence-electron chi connectivity index (χ0n) is 12.5. The molecule has 1 aromatic rings. The molecule has 1 aliphatic heterocycles. The average Bonchev–Trinajstić information content (AvgIpc) is 2.40. The summed E-state index contributed by atoms with van der Waals surface area (Å²) in [6.45, 7) is 5.79. The molecule has 1 fully saturated rings. The number of hydrogen-bond acceptors (Lipinski definition) is 4. The first-order valence-corrected chi connectivity index (χ1v) is 9.69. The second kappa shape index (κ2) is 6.87. The number of halogens is 1. The van der Waals surface area contributed by atoms with Gasteiger partial charge in [0.25, 0.3) is 0 Å². The zero-order valence-corrected chi connectivity index (χ0v) is 14.9. The van der Waals surface area contributed by atoms with Crippen molar-refractivity contribution in [1.29, 1.82) is 0 Å². The first kappa shape index (κ1) is 17.1. The lowest BCUT2D eigenvalue weighted by molar-refractivity contribution is 0.405. The van der Waals surface area contributed by atoms with Crippen LogP contribution in [0.5, 0.6) is 0 Å². The summed E-state index contributed by atoms with van der Waals surface area (Å²) in [4.78, 5) is 0.211. The van der Waals surface area contributed by atoms with Crippen LogP contribution in [0.15, 0.2) is 23.1 Å². The standard InChI is InChI=1S/C14H21ClN2O2S2/c1-10-8-17(9-11(2)20-10)21(18,19)14-6-12(7-16-3)4-5-13(14)15/h4-6,10-11,16H,7-9H2,1-3H3. The van der Waals surface area contributed by atoms with Gasteiger partial charge in [0, 0.05) is 30.1 Å². The summed E-state index contributed by atoms with van der Waals surface area (Å²) in [6.07, 6.45) is 0. The predicted octanol–water partition coefficient (Wildman–Crippen LogP) is 2.57. The molecule has 0 aliphatic carbocycles. The quantitative estimate of drug-likeness (QED) is 0.908. The Bertz CT molecular complexity index is 597. The van der Waals surface area contributed by atoms with Gasteiger partial charge in [-0.25, -0.2) is 8.42 Å². The Kier molecular flexibility index (Phi) is 5.59. The number of sulfonamides is 1. The molecular formula is C14H21ClN2O2S2. The van der Waals surface area contributed by atoms with E-state index < -0.39 is 10.0 Å². The van der Waals surface area contributed by atoms with Crippen LogP contribution in [0.4, 0.5) is 0 Å². The van der Waals surface area contributed by atoms with Gasteiger partial charge < -0.3 is 5.32 Å². The number of thioether (sulfide) groups is 1. The van der Waals surface area contributed by atoms with Gasteiger partial charge in [0.1, 0.15) is 4.90 Å². The molecule has 21 heavy (non-hydrogen) atoms. The lowest BCUT2D eigenvalue weighted by atomic mass is 10.2. The second-order valence-corrected chi connectivity index (χ2v) is 9.57. The van der Waals surface area contributed by atoms with Crippen LogP contribution in [0, 0.1) is 0 Å². The SMILES string of the molecule is CNCc1ccc(Cl)c(S(=O)(=O)N2CC(C)SC(C)C2)c1. The van der Waals surface area contributed by atoms with Gasteiger partial charge in [-0.15, -0.1) is 0 Å². The molecule has 0 saturated carbocycles. The minimum atomic E-state index is -3.54. The molecular weight excluding hydrogens is 328 g/mol. The Balaban J connectivity index is 2.36. The Hall–Kier alpha value is -0.270. The molecule has 1 saturated heterocycles. The highest BCUT2D eigenvalue weighted by Crippen LogP contribution is 2.31. The summed E-state index contributed by atoms with van der Waals surface area (Å²) in [6, 6.07) is 5.17. The van der Waals surface area contributed by atoms with Gasteiger partial charge in [0.15, 0.2) is 0 Å². The highest BCUT2D eigenvalue weighted by Gasteiger charge is 2.33. The molecule has 1 heterocycles. The highest BCUT2D eigenvalue weighted by molar-refractivity contribution is 8.00. The zero-order chi connectivity index (χ0) is 15.6. The van der Waals surface area contributed by atoms with E-state index in [4.69, 9.17) is 11.6 Å². The Morgan fingerprint density at radius 3 is 2.52 bits per heavy atom. The van der Waals surface area contributed by atoms with Gasteiger partial charge >= 0.3 is 0 Å². The molecule has 7 heteroatoms. The molecule has 1 N–H and O–H groups in total. The van der Waals surface area contributed by atoms with E-state index in [1.807, 2.05) is 24.9 Å². The normalized spacial score (nSPS) is 24.2. The predicted molar refractivity (Wildman–Crippen MR) is 89.5 cm³/mol. The van der Waals surface area contributed by atoms with Crippen LogP contribution >= 0.6 is 23.4 Å². The maximum atomic E-state index is 12.9. The third-order valence-corrected chi connectivity index (χ3v) is 6.92. The van der Waals surface area contributed by atoms with Gasteiger partial charge in [-0.2, -0.15) is 16.1 Å². The molecule has 2 rings (SSSR count). The van der Waals surface area contributed by atoms with Crippen LogP contribution in [-0.4, -0.2) is 43.4 Å². The van der Waals surface area contributed by atoms with Gasteiger partial charge in [0.2, 0.25) is 10.0 Å². The summed E-state index contributed by atoms with van der Waals surface area (Å²) < 4.78 is 27.3. The summed E-state index contributed by atoms with van der Waals surface area (Å²) in [5, 5.41) is 3.89. The first-order chi connectivity index (χ1) is 9.84. The molecule has 0 radical (unpaired) electrons. The number of benzene rings is 1. The van der Waals surface area contributed by atoms with E-state index in [1.165, 1.54) is 0 Å². The number of rotatable bonds is 4. The monoisotopic (exact) mass is 348 g/mol. The molecule has 0 aromatic heterocycles. The van der Waals surface area contributed by atoms with Gasteiger partial charge in [0.05, 0.1) is 5.02 Å². The highest BCUT2D eigenvalue weighted by atomic mass is 35.5. The van der Waals surface area contributed by atoms with Crippen molar-refractivity contribution in [3.63, 3.8) is 0 Å². The Morgan fingerprint density at radius 1 is 1.33 bits per heavy atom. The summed E-state index contributed by atoms with van der Waals surface area (Å²) in [5.74, 6) is 0. The lowest BCUT2D eigenvalue weighted by Crippen LogP contribution is -2.44. The second-order valence-electron chi connectivity index (χ2n) is 5.37. The van der Waals surface area contributed by atoms with Crippen molar-refractivity contribution in [2.45, 2.75) is 35.8 Å². The smallest absolute Gasteiger partial charge is 0.244 e. The van der Waals surface area contributed by atoms with E-state index in [1.54, 1.807) is 16.4 Å². The van der Waals surface area contributed by atoms with Crippen LogP contribution in [0.1, 0.15) is 19.4 Å². The molecule has 118 valence electrons. The topological polar surface area (TPSA) is 49.4 Å². The fraction of sp³-hybridized carbons (Fsp3) is 0.571. The maximum Gasteiger partial charge on any atom is 0.244 e. The summed E-state index contributed by atoms with van der Waals surface area (Å²) in [5.41, 5.74) is 0.910. The fourth-order valence-electron chi connectivity index (χ4n) is 2.53. The minimum absolute atomic E-state index is 0.211. The van der Waals surface area contributed by atoms with Crippen molar-refractivity contribution < 1.29 is 8.42 Å². The van der Waals surface area contributed by atoms with Crippen LogP contribution in [0.25, 0.3) is 0 Å². The van der Waals surface area contributed by atoms with Gasteiger partial charge in [-0.05, 0) is 24.7 Å². The van der Waals surface area contributed by atoms with Crippen LogP contribution in [-0.2, 0) is 16.6 Å². The molecule has 4 nitrogen and oxygen atoms in total. The first-order valence-electron chi connectivity index (χ1n) is 6.93. The van der Waals surface area contributed by atoms with E-state index in [-0.39, 0.29) is 9.92 Å². The number of nitrogens with zero attached hydrogens (tertiary/aromatic N) is 1. The average molecular weight is 349 g/mol. The van der Waals surface area contributed by atoms with E-state index in [2.05, 4.69) is 19.2 Å². The van der Waals surface area contributed by atoms with E-state index in [9.17, 15) is 8.42 Å². The molecule has 1 aromatic carbocycles. The van der Waals surface area contributed by atoms with Crippen molar-refractivity contribution >= 4 is 33.4 Å². The Labute approximate surface area is 136 Å². The van der Waals surface area contributed by atoms with Crippen molar-refractivity contribution in [1.82, 2.24) is 9.62 Å². The Morgan fingerprint density at radius 2 is 1.95 bits per heavy atom. The lowest BCUT2D eigenvalue weighted by Gasteiger charge is -2.33. The minimum Gasteiger partial charge on any atom is -0.316 e. The molecule has 2 unspecified atom stereocenters. The van der Waals surface area contributed by atoms with E-state index in [0.29, 0.717) is 30.1 Å². The van der Waals surface area contributed by atoms with E-state index >= 15 is 0 Å². The van der Waals surface area contributed by atoms with Crippen molar-refractivity contribution in [3.8, 4) is 0 Å². The molecule has 0 bridgehead atoms. The fourth-order valence-corrected chi connectivity index (χ4v) is 6.18. The van der Waals surface area contributed by atoms with Crippen molar-refractivity contribution in [2.75, 3.05) is 20.1 Å². The van der Waals surface area contributed by atoms with Gasteiger partial charge in [-0.1, -0.05) is 31.5 Å². The number of hydrogen-bond donors (Lipinski definition) is 1. The van der Waals surface area contributed by atoms with Crippen LogP contribution < -0.4 is 5.32 Å². The van der Waals surface area contributed by atoms with Crippen LogP contribution in [0.3, 0.4) is 0 Å². The largest absolute Gasteiger partial charge is 0.316 e. The van der Waals surface area contributed by atoms with Crippen molar-refractivity contribution in [2.24, 2.45) is 0 Å². The molecule has 0 spiro atoms. The van der Waals surface area contributed by atoms with E-state index in [0.717, 1.165) is 5.56 Å².